The highest BCUT2D eigenvalue weighted by Gasteiger charge is 2.20. The van der Waals surface area contributed by atoms with E-state index in [0.29, 0.717) is 23.1 Å². The number of hydrogen-bond donors (Lipinski definition) is 2. The average molecular weight is 434 g/mol. The molecule has 0 aliphatic carbocycles. The summed E-state index contributed by atoms with van der Waals surface area (Å²) in [6, 6.07) is 11.3. The standard InChI is InChI=1S/C19H17Cl2N5O3/c1-2-7-25-17(10-15(24-25)11-3-5-13(20)6-4-11)23-19(27)12-8-14(21)18(22)16(9-12)26(28)29/h3-6,8-10H,2,7,22H2,1H3,(H,23,27). The topological polar surface area (TPSA) is 116 Å². The van der Waals surface area contributed by atoms with Crippen LogP contribution in [0.4, 0.5) is 17.2 Å². The van der Waals surface area contributed by atoms with E-state index in [2.05, 4.69) is 10.4 Å². The van der Waals surface area contributed by atoms with Crippen LogP contribution >= 0.6 is 23.2 Å². The highest BCUT2D eigenvalue weighted by Crippen LogP contribution is 2.31. The van der Waals surface area contributed by atoms with E-state index in [1.807, 2.05) is 19.1 Å². The molecule has 0 bridgehead atoms. The van der Waals surface area contributed by atoms with E-state index in [9.17, 15) is 14.9 Å². The second-order valence-electron chi connectivity index (χ2n) is 6.25. The zero-order chi connectivity index (χ0) is 21.1. The number of nitrogens with one attached hydrogen (secondary N) is 1. The van der Waals surface area contributed by atoms with Gasteiger partial charge in [0.2, 0.25) is 0 Å². The van der Waals surface area contributed by atoms with Crippen molar-refractivity contribution in [2.45, 2.75) is 19.9 Å². The summed E-state index contributed by atoms with van der Waals surface area (Å²) in [5, 5.41) is 19.0. The van der Waals surface area contributed by atoms with E-state index >= 15 is 0 Å². The van der Waals surface area contributed by atoms with Gasteiger partial charge in [0, 0.05) is 34.8 Å². The Morgan fingerprint density at radius 1 is 1.24 bits per heavy atom. The Bertz CT molecular complexity index is 1080. The van der Waals surface area contributed by atoms with Crippen molar-refractivity contribution in [1.29, 1.82) is 0 Å². The summed E-state index contributed by atoms with van der Waals surface area (Å²) in [6.45, 7) is 2.56. The van der Waals surface area contributed by atoms with Gasteiger partial charge in [0.05, 0.1) is 15.6 Å². The van der Waals surface area contributed by atoms with Crippen molar-refractivity contribution < 1.29 is 9.72 Å². The number of nitrogens with zero attached hydrogens (tertiary/aromatic N) is 3. The van der Waals surface area contributed by atoms with Crippen LogP contribution in [0.3, 0.4) is 0 Å². The van der Waals surface area contributed by atoms with Gasteiger partial charge < -0.3 is 11.1 Å². The van der Waals surface area contributed by atoms with Crippen molar-refractivity contribution in [3.05, 3.63) is 68.2 Å². The van der Waals surface area contributed by atoms with Crippen LogP contribution < -0.4 is 11.1 Å². The molecule has 1 amide bonds. The first kappa shape index (κ1) is 20.6. The molecule has 1 aromatic heterocycles. The van der Waals surface area contributed by atoms with Gasteiger partial charge in [-0.1, -0.05) is 42.3 Å². The van der Waals surface area contributed by atoms with Gasteiger partial charge in [0.15, 0.2) is 0 Å². The summed E-state index contributed by atoms with van der Waals surface area (Å²) in [6.07, 6.45) is 0.795. The van der Waals surface area contributed by atoms with Crippen LogP contribution in [0, 0.1) is 10.1 Å². The summed E-state index contributed by atoms with van der Waals surface area (Å²) in [4.78, 5) is 23.2. The number of hydrogen-bond acceptors (Lipinski definition) is 5. The zero-order valence-electron chi connectivity index (χ0n) is 15.4. The first-order valence-electron chi connectivity index (χ1n) is 8.68. The largest absolute Gasteiger partial charge is 0.392 e. The number of nitrogens with two attached hydrogens (primary N) is 1. The van der Waals surface area contributed by atoms with Gasteiger partial charge in [-0.25, -0.2) is 4.68 Å². The number of benzene rings is 2. The smallest absolute Gasteiger partial charge is 0.294 e. The fourth-order valence-corrected chi connectivity index (χ4v) is 3.08. The third-order valence-corrected chi connectivity index (χ3v) is 4.73. The molecule has 0 atom stereocenters. The lowest BCUT2D eigenvalue weighted by Gasteiger charge is -2.09. The predicted octanol–water partition coefficient (Wildman–Crippen LogP) is 5.01. The lowest BCUT2D eigenvalue weighted by atomic mass is 10.1. The van der Waals surface area contributed by atoms with Gasteiger partial charge in [-0.05, 0) is 24.6 Å². The first-order valence-corrected chi connectivity index (χ1v) is 9.44. The highest BCUT2D eigenvalue weighted by atomic mass is 35.5. The zero-order valence-corrected chi connectivity index (χ0v) is 16.9. The number of halogens is 2. The van der Waals surface area contributed by atoms with Gasteiger partial charge in [0.25, 0.3) is 11.6 Å². The molecule has 0 saturated carbocycles. The molecule has 1 heterocycles. The van der Waals surface area contributed by atoms with Crippen molar-refractivity contribution in [3.63, 3.8) is 0 Å². The number of nitrogen functional groups attached to an aromatic ring is 1. The van der Waals surface area contributed by atoms with Crippen LogP contribution in [0.1, 0.15) is 23.7 Å². The Morgan fingerprint density at radius 2 is 1.93 bits per heavy atom. The molecule has 0 fully saturated rings. The SMILES string of the molecule is CCCn1nc(-c2ccc(Cl)cc2)cc1NC(=O)c1cc(Cl)c(N)c([N+](=O)[O-])c1. The number of rotatable bonds is 6. The minimum atomic E-state index is -0.683. The van der Waals surface area contributed by atoms with Crippen molar-refractivity contribution >= 4 is 46.3 Å². The number of anilines is 2. The van der Waals surface area contributed by atoms with Crippen molar-refractivity contribution in [3.8, 4) is 11.3 Å². The normalized spacial score (nSPS) is 10.7. The van der Waals surface area contributed by atoms with Gasteiger partial charge in [-0.15, -0.1) is 0 Å². The molecule has 150 valence electrons. The average Bonchev–Trinajstić information content (AvgIpc) is 3.06. The van der Waals surface area contributed by atoms with E-state index < -0.39 is 16.5 Å². The molecule has 2 aromatic carbocycles. The van der Waals surface area contributed by atoms with E-state index in [1.165, 1.54) is 6.07 Å². The number of amides is 1. The fraction of sp³-hybridized carbons (Fsp3) is 0.158. The van der Waals surface area contributed by atoms with Crippen LogP contribution in [-0.4, -0.2) is 20.6 Å². The van der Waals surface area contributed by atoms with Crippen LogP contribution in [0.25, 0.3) is 11.3 Å². The lowest BCUT2D eigenvalue weighted by Crippen LogP contribution is -2.16. The maximum atomic E-state index is 12.7. The number of aromatic nitrogens is 2. The highest BCUT2D eigenvalue weighted by molar-refractivity contribution is 6.34. The second-order valence-corrected chi connectivity index (χ2v) is 7.09. The summed E-state index contributed by atoms with van der Waals surface area (Å²) < 4.78 is 1.66. The summed E-state index contributed by atoms with van der Waals surface area (Å²) >= 11 is 11.9. The van der Waals surface area contributed by atoms with E-state index in [-0.39, 0.29) is 16.3 Å². The Balaban J connectivity index is 1.94. The molecule has 0 spiro atoms. The molecule has 3 N–H and O–H groups in total. The fourth-order valence-electron chi connectivity index (χ4n) is 2.74. The van der Waals surface area contributed by atoms with Gasteiger partial charge in [-0.3, -0.25) is 14.9 Å². The van der Waals surface area contributed by atoms with Crippen molar-refractivity contribution in [2.75, 3.05) is 11.1 Å². The second kappa shape index (κ2) is 8.50. The first-order chi connectivity index (χ1) is 13.8. The molecule has 0 aliphatic heterocycles. The quantitative estimate of drug-likeness (QED) is 0.321. The van der Waals surface area contributed by atoms with Gasteiger partial charge in [0.1, 0.15) is 11.5 Å². The molecule has 3 rings (SSSR count). The van der Waals surface area contributed by atoms with E-state index in [0.717, 1.165) is 18.1 Å². The summed E-state index contributed by atoms with van der Waals surface area (Å²) in [5.74, 6) is -0.104. The maximum Gasteiger partial charge on any atom is 0.294 e. The molecule has 0 aliphatic rings. The predicted molar refractivity (Wildman–Crippen MR) is 113 cm³/mol. The number of carbonyl (C=O) groups is 1. The minimum Gasteiger partial charge on any atom is -0.392 e. The van der Waals surface area contributed by atoms with Gasteiger partial charge >= 0.3 is 0 Å². The maximum absolute atomic E-state index is 12.7. The minimum absolute atomic E-state index is 0.0215. The monoisotopic (exact) mass is 433 g/mol. The molecule has 0 saturated heterocycles. The Labute approximate surface area is 176 Å². The molecule has 3 aromatic rings. The molecule has 0 radical (unpaired) electrons. The van der Waals surface area contributed by atoms with Crippen molar-refractivity contribution in [2.24, 2.45) is 0 Å². The number of nitro benzene ring substituents is 1. The van der Waals surface area contributed by atoms with Crippen LogP contribution in [0.15, 0.2) is 42.5 Å². The molecular formula is C19H17Cl2N5O3. The third kappa shape index (κ3) is 4.49. The molecule has 0 unspecified atom stereocenters. The van der Waals surface area contributed by atoms with Crippen LogP contribution in [0.5, 0.6) is 0 Å². The number of carbonyl (C=O) groups excluding carboxylic acids is 1. The lowest BCUT2D eigenvalue weighted by molar-refractivity contribution is -0.383. The Kier molecular flexibility index (Phi) is 6.05. The van der Waals surface area contributed by atoms with E-state index in [1.54, 1.807) is 22.9 Å². The van der Waals surface area contributed by atoms with Crippen LogP contribution in [0.2, 0.25) is 10.0 Å². The summed E-state index contributed by atoms with van der Waals surface area (Å²) in [7, 11) is 0. The Morgan fingerprint density at radius 3 is 2.55 bits per heavy atom. The number of aryl methyl sites for hydroxylation is 1. The van der Waals surface area contributed by atoms with Crippen molar-refractivity contribution in [1.82, 2.24) is 9.78 Å². The molecule has 29 heavy (non-hydrogen) atoms. The molecular weight excluding hydrogens is 417 g/mol. The molecule has 10 heteroatoms. The molecule has 8 nitrogen and oxygen atoms in total. The van der Waals surface area contributed by atoms with Crippen LogP contribution in [-0.2, 0) is 6.54 Å². The Hall–Kier alpha value is -3.10. The number of nitro groups is 1. The summed E-state index contributed by atoms with van der Waals surface area (Å²) in [5.41, 5.74) is 6.53. The van der Waals surface area contributed by atoms with E-state index in [4.69, 9.17) is 28.9 Å². The van der Waals surface area contributed by atoms with Gasteiger partial charge in [-0.2, -0.15) is 5.10 Å². The third-order valence-electron chi connectivity index (χ3n) is 4.16.